The second kappa shape index (κ2) is 11.7. The van der Waals surface area contributed by atoms with E-state index >= 15 is 0 Å². The zero-order valence-electron chi connectivity index (χ0n) is 15.0. The third-order valence-electron chi connectivity index (χ3n) is 4.17. The first-order valence-corrected chi connectivity index (χ1v) is 8.27. The van der Waals surface area contributed by atoms with Gasteiger partial charge in [0.2, 0.25) is 0 Å². The average Bonchev–Trinajstić information content (AvgIpc) is 2.55. The molecule has 1 aromatic rings. The summed E-state index contributed by atoms with van der Waals surface area (Å²) < 4.78 is 49.1. The highest BCUT2D eigenvalue weighted by atomic mass is 35.5. The van der Waals surface area contributed by atoms with Gasteiger partial charge in [-0.25, -0.2) is 0 Å². The number of halogens is 5. The molecule has 26 heavy (non-hydrogen) atoms. The summed E-state index contributed by atoms with van der Waals surface area (Å²) in [7, 11) is 1.55. The number of methoxy groups -OCH3 is 1. The molecule has 2 rings (SSSR count). The van der Waals surface area contributed by atoms with Crippen molar-refractivity contribution in [3.05, 3.63) is 23.8 Å². The Hall–Kier alpha value is -0.890. The number of rotatable bonds is 7. The Kier molecular flexibility index (Phi) is 11.3. The fourth-order valence-electron chi connectivity index (χ4n) is 3.02. The number of nitrogens with zero attached hydrogens (tertiary/aromatic N) is 1. The lowest BCUT2D eigenvalue weighted by Gasteiger charge is -2.35. The first-order valence-electron chi connectivity index (χ1n) is 8.27. The molecule has 0 unspecified atom stereocenters. The molecule has 1 fully saturated rings. The minimum absolute atomic E-state index is 0. The molecule has 1 atom stereocenters. The quantitative estimate of drug-likeness (QED) is 0.718. The van der Waals surface area contributed by atoms with Gasteiger partial charge < -0.3 is 14.8 Å². The molecule has 1 N–H and O–H groups in total. The molecule has 1 heterocycles. The first kappa shape index (κ1) is 25.1. The SMILES string of the molecule is CCOc1cc([C@H](CCC(F)(F)F)N2CCNCC2)ccc1OC.Cl.Cl. The Morgan fingerprint density at radius 3 is 2.35 bits per heavy atom. The van der Waals surface area contributed by atoms with E-state index in [2.05, 4.69) is 10.2 Å². The molecule has 152 valence electrons. The second-order valence-electron chi connectivity index (χ2n) is 5.80. The van der Waals surface area contributed by atoms with E-state index in [1.807, 2.05) is 19.1 Å². The molecule has 0 amide bonds. The first-order chi connectivity index (χ1) is 11.4. The van der Waals surface area contributed by atoms with E-state index < -0.39 is 12.6 Å². The fourth-order valence-corrected chi connectivity index (χ4v) is 3.02. The second-order valence-corrected chi connectivity index (χ2v) is 5.80. The van der Waals surface area contributed by atoms with Crippen LogP contribution in [0.1, 0.15) is 31.4 Å². The Morgan fingerprint density at radius 2 is 1.81 bits per heavy atom. The van der Waals surface area contributed by atoms with Crippen LogP contribution in [0, 0.1) is 0 Å². The minimum atomic E-state index is -4.15. The molecule has 0 saturated carbocycles. The number of hydrogen-bond donors (Lipinski definition) is 1. The molecule has 0 aromatic heterocycles. The molecule has 1 aromatic carbocycles. The number of nitrogens with one attached hydrogen (secondary N) is 1. The summed E-state index contributed by atoms with van der Waals surface area (Å²) in [5.41, 5.74) is 0.838. The minimum Gasteiger partial charge on any atom is -0.493 e. The van der Waals surface area contributed by atoms with Crippen LogP contribution in [0.3, 0.4) is 0 Å². The van der Waals surface area contributed by atoms with Crippen LogP contribution in [0.25, 0.3) is 0 Å². The molecule has 0 spiro atoms. The van der Waals surface area contributed by atoms with E-state index in [1.54, 1.807) is 13.2 Å². The lowest BCUT2D eigenvalue weighted by Crippen LogP contribution is -2.45. The Labute approximate surface area is 165 Å². The highest BCUT2D eigenvalue weighted by Gasteiger charge is 2.31. The van der Waals surface area contributed by atoms with Crippen LogP contribution in [-0.4, -0.2) is 51.0 Å². The zero-order valence-corrected chi connectivity index (χ0v) is 16.6. The average molecular weight is 419 g/mol. The summed E-state index contributed by atoms with van der Waals surface area (Å²) in [4.78, 5) is 2.11. The van der Waals surface area contributed by atoms with Gasteiger partial charge in [0, 0.05) is 38.6 Å². The number of piperazine rings is 1. The van der Waals surface area contributed by atoms with Gasteiger partial charge in [0.25, 0.3) is 0 Å². The molecule has 1 saturated heterocycles. The van der Waals surface area contributed by atoms with Crippen molar-refractivity contribution in [2.75, 3.05) is 39.9 Å². The van der Waals surface area contributed by atoms with Gasteiger partial charge in [0.1, 0.15) is 0 Å². The van der Waals surface area contributed by atoms with Gasteiger partial charge in [0.15, 0.2) is 11.5 Å². The summed E-state index contributed by atoms with van der Waals surface area (Å²) in [5, 5.41) is 3.23. The van der Waals surface area contributed by atoms with Crippen molar-refractivity contribution in [3.63, 3.8) is 0 Å². The van der Waals surface area contributed by atoms with Crippen molar-refractivity contribution < 1.29 is 22.6 Å². The van der Waals surface area contributed by atoms with Gasteiger partial charge >= 0.3 is 6.18 Å². The van der Waals surface area contributed by atoms with Crippen LogP contribution in [0.15, 0.2) is 18.2 Å². The summed E-state index contributed by atoms with van der Waals surface area (Å²) in [5.74, 6) is 1.17. The van der Waals surface area contributed by atoms with Crippen molar-refractivity contribution in [1.82, 2.24) is 10.2 Å². The highest BCUT2D eigenvalue weighted by Crippen LogP contribution is 2.36. The van der Waals surface area contributed by atoms with Crippen molar-refractivity contribution in [3.8, 4) is 11.5 Å². The van der Waals surface area contributed by atoms with E-state index in [0.717, 1.165) is 31.7 Å². The number of hydrogen-bond acceptors (Lipinski definition) is 4. The Balaban J connectivity index is 0.00000312. The lowest BCUT2D eigenvalue weighted by atomic mass is 9.98. The summed E-state index contributed by atoms with van der Waals surface area (Å²) in [6, 6.07) is 5.14. The maximum atomic E-state index is 12.7. The summed E-state index contributed by atoms with van der Waals surface area (Å²) >= 11 is 0. The van der Waals surface area contributed by atoms with Crippen molar-refractivity contribution >= 4 is 24.8 Å². The van der Waals surface area contributed by atoms with Crippen LogP contribution in [0.5, 0.6) is 11.5 Å². The normalized spacial score (nSPS) is 16.2. The van der Waals surface area contributed by atoms with E-state index in [0.29, 0.717) is 18.1 Å². The molecule has 1 aliphatic rings. The van der Waals surface area contributed by atoms with Gasteiger partial charge in [-0.15, -0.1) is 24.8 Å². The maximum absolute atomic E-state index is 12.7. The number of ether oxygens (including phenoxy) is 2. The van der Waals surface area contributed by atoms with E-state index in [9.17, 15) is 13.2 Å². The number of alkyl halides is 3. The molecule has 4 nitrogen and oxygen atoms in total. The van der Waals surface area contributed by atoms with Crippen LogP contribution < -0.4 is 14.8 Å². The van der Waals surface area contributed by atoms with Gasteiger partial charge in [-0.3, -0.25) is 4.90 Å². The van der Waals surface area contributed by atoms with Crippen molar-refractivity contribution in [2.45, 2.75) is 32.0 Å². The monoisotopic (exact) mass is 418 g/mol. The van der Waals surface area contributed by atoms with Crippen LogP contribution in [-0.2, 0) is 0 Å². The largest absolute Gasteiger partial charge is 0.493 e. The maximum Gasteiger partial charge on any atom is 0.389 e. The Morgan fingerprint density at radius 1 is 1.15 bits per heavy atom. The van der Waals surface area contributed by atoms with Gasteiger partial charge in [-0.1, -0.05) is 6.07 Å². The van der Waals surface area contributed by atoms with Gasteiger partial charge in [-0.2, -0.15) is 13.2 Å². The summed E-state index contributed by atoms with van der Waals surface area (Å²) in [6.07, 6.45) is -4.90. The smallest absolute Gasteiger partial charge is 0.389 e. The standard InChI is InChI=1S/C17H25F3N2O2.2ClH/c1-3-24-16-12-13(4-5-15(16)23-2)14(6-7-17(18,19)20)22-10-8-21-9-11-22;;/h4-5,12,14,21H,3,6-11H2,1-2H3;2*1H/t14-;;/m0../s1. The van der Waals surface area contributed by atoms with Crippen molar-refractivity contribution in [2.24, 2.45) is 0 Å². The Bertz CT molecular complexity index is 527. The van der Waals surface area contributed by atoms with E-state index in [4.69, 9.17) is 9.47 Å². The molecular formula is C17H27Cl2F3N2O2. The van der Waals surface area contributed by atoms with Gasteiger partial charge in [0.05, 0.1) is 13.7 Å². The van der Waals surface area contributed by atoms with E-state index in [1.165, 1.54) is 0 Å². The topological polar surface area (TPSA) is 33.7 Å². The molecule has 0 aliphatic carbocycles. The van der Waals surface area contributed by atoms with E-state index in [-0.39, 0.29) is 37.3 Å². The van der Waals surface area contributed by atoms with Crippen LogP contribution in [0.2, 0.25) is 0 Å². The molecule has 9 heteroatoms. The predicted molar refractivity (Wildman–Crippen MR) is 101 cm³/mol. The third kappa shape index (κ3) is 7.39. The molecule has 1 aliphatic heterocycles. The number of benzene rings is 1. The zero-order chi connectivity index (χ0) is 17.6. The summed E-state index contributed by atoms with van der Waals surface area (Å²) in [6.45, 7) is 5.38. The van der Waals surface area contributed by atoms with Crippen molar-refractivity contribution in [1.29, 1.82) is 0 Å². The fraction of sp³-hybridized carbons (Fsp3) is 0.647. The molecule has 0 radical (unpaired) electrons. The third-order valence-corrected chi connectivity index (χ3v) is 4.17. The van der Waals surface area contributed by atoms with Crippen LogP contribution in [0.4, 0.5) is 13.2 Å². The molecule has 0 bridgehead atoms. The van der Waals surface area contributed by atoms with Crippen LogP contribution >= 0.6 is 24.8 Å². The predicted octanol–water partition coefficient (Wildman–Crippen LogP) is 4.23. The molecular weight excluding hydrogens is 392 g/mol. The highest BCUT2D eigenvalue weighted by molar-refractivity contribution is 5.85. The lowest BCUT2D eigenvalue weighted by molar-refractivity contribution is -0.138. The van der Waals surface area contributed by atoms with Gasteiger partial charge in [-0.05, 0) is 31.0 Å².